The fourth-order valence-corrected chi connectivity index (χ4v) is 1.40. The van der Waals surface area contributed by atoms with E-state index in [4.69, 9.17) is 0 Å². The van der Waals surface area contributed by atoms with E-state index < -0.39 is 0 Å². The van der Waals surface area contributed by atoms with Crippen molar-refractivity contribution >= 4 is 12.4 Å². The van der Waals surface area contributed by atoms with Crippen molar-refractivity contribution in [2.45, 2.75) is 26.2 Å². The number of hydrogen-bond acceptors (Lipinski definition) is 1. The van der Waals surface area contributed by atoms with E-state index in [2.05, 4.69) is 24.0 Å². The average molecular weight is 176 g/mol. The van der Waals surface area contributed by atoms with Crippen molar-refractivity contribution < 1.29 is 0 Å². The zero-order chi connectivity index (χ0) is 7.23. The third kappa shape index (κ3) is 4.44. The van der Waals surface area contributed by atoms with Gasteiger partial charge >= 0.3 is 0 Å². The highest BCUT2D eigenvalue weighted by Crippen LogP contribution is 2.07. The smallest absolute Gasteiger partial charge is 0.0163 e. The van der Waals surface area contributed by atoms with Crippen LogP contribution in [-0.4, -0.2) is 24.5 Å². The van der Waals surface area contributed by atoms with Crippen LogP contribution in [0.3, 0.4) is 0 Å². The van der Waals surface area contributed by atoms with Crippen LogP contribution in [0.4, 0.5) is 0 Å². The minimum absolute atomic E-state index is 0. The molecule has 0 aromatic heterocycles. The van der Waals surface area contributed by atoms with Crippen LogP contribution in [-0.2, 0) is 0 Å². The van der Waals surface area contributed by atoms with Crippen LogP contribution in [0.1, 0.15) is 26.2 Å². The van der Waals surface area contributed by atoms with Crippen molar-refractivity contribution in [3.05, 3.63) is 12.2 Å². The molecule has 1 fully saturated rings. The average Bonchev–Trinajstić information content (AvgIpc) is 2.03. The SMILES string of the molecule is C/C=C/CN1CCCCC1.Cl. The molecule has 1 nitrogen and oxygen atoms in total. The molecule has 0 saturated carbocycles. The number of hydrogen-bond donors (Lipinski definition) is 0. The number of likely N-dealkylation sites (tertiary alicyclic amines) is 1. The first kappa shape index (κ1) is 11.0. The number of allylic oxidation sites excluding steroid dienone is 1. The normalized spacial score (nSPS) is 20.1. The molecule has 1 rings (SSSR count). The maximum absolute atomic E-state index is 2.52. The largest absolute Gasteiger partial charge is 0.300 e. The highest BCUT2D eigenvalue weighted by atomic mass is 35.5. The Kier molecular flexibility index (Phi) is 6.68. The standard InChI is InChI=1S/C9H17N.ClH/c1-2-3-7-10-8-5-4-6-9-10;/h2-3H,4-9H2,1H3;1H/b3-2+;. The lowest BCUT2D eigenvalue weighted by Crippen LogP contribution is -2.29. The fourth-order valence-electron chi connectivity index (χ4n) is 1.40. The van der Waals surface area contributed by atoms with Crippen molar-refractivity contribution in [1.29, 1.82) is 0 Å². The van der Waals surface area contributed by atoms with Gasteiger partial charge in [0.05, 0.1) is 0 Å². The van der Waals surface area contributed by atoms with Crippen molar-refractivity contribution in [3.8, 4) is 0 Å². The van der Waals surface area contributed by atoms with Gasteiger partial charge in [0.1, 0.15) is 0 Å². The van der Waals surface area contributed by atoms with E-state index in [1.54, 1.807) is 0 Å². The number of halogens is 1. The first-order chi connectivity index (χ1) is 4.93. The molecule has 1 saturated heterocycles. The van der Waals surface area contributed by atoms with Crippen molar-refractivity contribution in [3.63, 3.8) is 0 Å². The second kappa shape index (κ2) is 6.68. The predicted molar refractivity (Wildman–Crippen MR) is 52.4 cm³/mol. The van der Waals surface area contributed by atoms with Gasteiger partial charge in [0.2, 0.25) is 0 Å². The van der Waals surface area contributed by atoms with Crippen LogP contribution in [0.15, 0.2) is 12.2 Å². The van der Waals surface area contributed by atoms with Crippen LogP contribution < -0.4 is 0 Å². The maximum atomic E-state index is 2.52. The third-order valence-corrected chi connectivity index (χ3v) is 2.05. The first-order valence-electron chi connectivity index (χ1n) is 4.27. The number of nitrogens with zero attached hydrogens (tertiary/aromatic N) is 1. The highest BCUT2D eigenvalue weighted by Gasteiger charge is 2.06. The summed E-state index contributed by atoms with van der Waals surface area (Å²) in [6, 6.07) is 0. The summed E-state index contributed by atoms with van der Waals surface area (Å²) < 4.78 is 0. The summed E-state index contributed by atoms with van der Waals surface area (Å²) in [7, 11) is 0. The first-order valence-corrected chi connectivity index (χ1v) is 4.27. The molecule has 0 N–H and O–H groups in total. The van der Waals surface area contributed by atoms with E-state index in [1.165, 1.54) is 32.4 Å². The molecule has 66 valence electrons. The van der Waals surface area contributed by atoms with Crippen LogP contribution in [0, 0.1) is 0 Å². The Morgan fingerprint density at radius 3 is 2.36 bits per heavy atom. The van der Waals surface area contributed by atoms with Crippen LogP contribution in [0.5, 0.6) is 0 Å². The summed E-state index contributed by atoms with van der Waals surface area (Å²) in [5.74, 6) is 0. The molecule has 11 heavy (non-hydrogen) atoms. The highest BCUT2D eigenvalue weighted by molar-refractivity contribution is 5.85. The summed E-state index contributed by atoms with van der Waals surface area (Å²) >= 11 is 0. The molecular weight excluding hydrogens is 158 g/mol. The molecule has 2 heteroatoms. The molecule has 0 amide bonds. The van der Waals surface area contributed by atoms with E-state index >= 15 is 0 Å². The third-order valence-electron chi connectivity index (χ3n) is 2.05. The lowest BCUT2D eigenvalue weighted by Gasteiger charge is -2.24. The molecule has 0 bridgehead atoms. The predicted octanol–water partition coefficient (Wildman–Crippen LogP) is 2.47. The van der Waals surface area contributed by atoms with Crippen molar-refractivity contribution in [2.75, 3.05) is 19.6 Å². The molecule has 0 atom stereocenters. The Morgan fingerprint density at radius 1 is 1.18 bits per heavy atom. The quantitative estimate of drug-likeness (QED) is 0.583. The molecule has 0 spiro atoms. The molecule has 0 unspecified atom stereocenters. The topological polar surface area (TPSA) is 3.24 Å². The number of rotatable bonds is 2. The van der Waals surface area contributed by atoms with Gasteiger partial charge in [0.25, 0.3) is 0 Å². The molecule has 1 aliphatic rings. The van der Waals surface area contributed by atoms with Gasteiger partial charge in [-0.25, -0.2) is 0 Å². The summed E-state index contributed by atoms with van der Waals surface area (Å²) in [6.45, 7) is 5.87. The minimum Gasteiger partial charge on any atom is -0.300 e. The lowest BCUT2D eigenvalue weighted by molar-refractivity contribution is 0.251. The zero-order valence-corrected chi connectivity index (χ0v) is 8.07. The molecular formula is C9H18ClN. The summed E-state index contributed by atoms with van der Waals surface area (Å²) in [5, 5.41) is 0. The van der Waals surface area contributed by atoms with Gasteiger partial charge in [-0.05, 0) is 32.9 Å². The van der Waals surface area contributed by atoms with Crippen LogP contribution in [0.25, 0.3) is 0 Å². The van der Waals surface area contributed by atoms with Gasteiger partial charge in [-0.3, -0.25) is 4.90 Å². The summed E-state index contributed by atoms with van der Waals surface area (Å²) in [4.78, 5) is 2.52. The van der Waals surface area contributed by atoms with Crippen LogP contribution in [0.2, 0.25) is 0 Å². The Hall–Kier alpha value is -0.0100. The molecule has 0 radical (unpaired) electrons. The monoisotopic (exact) mass is 175 g/mol. The summed E-state index contributed by atoms with van der Waals surface area (Å²) in [5.41, 5.74) is 0. The molecule has 0 aliphatic carbocycles. The molecule has 1 aliphatic heterocycles. The Bertz CT molecular complexity index is 106. The Morgan fingerprint density at radius 2 is 1.82 bits per heavy atom. The molecule has 1 heterocycles. The number of piperidine rings is 1. The minimum atomic E-state index is 0. The van der Waals surface area contributed by atoms with Gasteiger partial charge in [0.15, 0.2) is 0 Å². The Balaban J connectivity index is 0.000001000. The summed E-state index contributed by atoms with van der Waals surface area (Å²) in [6.07, 6.45) is 8.61. The van der Waals surface area contributed by atoms with E-state index in [0.29, 0.717) is 0 Å². The lowest BCUT2D eigenvalue weighted by atomic mass is 10.1. The van der Waals surface area contributed by atoms with Gasteiger partial charge in [-0.1, -0.05) is 18.6 Å². The molecule has 0 aromatic carbocycles. The van der Waals surface area contributed by atoms with E-state index in [1.807, 2.05) is 0 Å². The van der Waals surface area contributed by atoms with Crippen LogP contribution >= 0.6 is 12.4 Å². The van der Waals surface area contributed by atoms with E-state index in [0.717, 1.165) is 6.54 Å². The maximum Gasteiger partial charge on any atom is 0.0163 e. The van der Waals surface area contributed by atoms with Gasteiger partial charge in [0, 0.05) is 6.54 Å². The second-order valence-corrected chi connectivity index (χ2v) is 2.93. The van der Waals surface area contributed by atoms with Gasteiger partial charge in [-0.15, -0.1) is 12.4 Å². The van der Waals surface area contributed by atoms with E-state index in [-0.39, 0.29) is 12.4 Å². The van der Waals surface area contributed by atoms with Gasteiger partial charge in [-0.2, -0.15) is 0 Å². The van der Waals surface area contributed by atoms with E-state index in [9.17, 15) is 0 Å². The Labute approximate surface area is 75.9 Å². The van der Waals surface area contributed by atoms with Gasteiger partial charge < -0.3 is 0 Å². The van der Waals surface area contributed by atoms with Crippen molar-refractivity contribution in [2.24, 2.45) is 0 Å². The zero-order valence-electron chi connectivity index (χ0n) is 7.25. The second-order valence-electron chi connectivity index (χ2n) is 2.93. The molecule has 0 aromatic rings. The van der Waals surface area contributed by atoms with Crippen molar-refractivity contribution in [1.82, 2.24) is 4.90 Å². The fraction of sp³-hybridized carbons (Fsp3) is 0.778.